The number of nitrogens with zero attached hydrogens (tertiary/aromatic N) is 2. The summed E-state index contributed by atoms with van der Waals surface area (Å²) in [5, 5.41) is 4.19. The van der Waals surface area contributed by atoms with E-state index >= 15 is 0 Å². The summed E-state index contributed by atoms with van der Waals surface area (Å²) in [6.07, 6.45) is 1.83. The molecule has 0 unspecified atom stereocenters. The molecule has 0 atom stereocenters. The summed E-state index contributed by atoms with van der Waals surface area (Å²) in [7, 11) is 3.16. The molecule has 6 heteroatoms. The quantitative estimate of drug-likeness (QED) is 0.664. The third kappa shape index (κ3) is 3.04. The van der Waals surface area contributed by atoms with E-state index in [1.165, 1.54) is 7.11 Å². The summed E-state index contributed by atoms with van der Waals surface area (Å²) in [6, 6.07) is 6.61. The SMILES string of the molecule is COC(=O)c1ccc(N)c(OCc2ccn(C)n2)c1. The largest absolute Gasteiger partial charge is 0.485 e. The minimum absolute atomic E-state index is 0.287. The van der Waals surface area contributed by atoms with Gasteiger partial charge in [0.25, 0.3) is 0 Å². The third-order valence-corrected chi connectivity index (χ3v) is 2.58. The second-order valence-corrected chi connectivity index (χ2v) is 4.01. The van der Waals surface area contributed by atoms with Gasteiger partial charge in [0.15, 0.2) is 0 Å². The van der Waals surface area contributed by atoms with Gasteiger partial charge in [-0.3, -0.25) is 4.68 Å². The number of carbonyl (C=O) groups is 1. The van der Waals surface area contributed by atoms with Crippen LogP contribution in [-0.4, -0.2) is 22.9 Å². The van der Waals surface area contributed by atoms with Gasteiger partial charge >= 0.3 is 5.97 Å². The van der Waals surface area contributed by atoms with Gasteiger partial charge in [0.05, 0.1) is 24.1 Å². The van der Waals surface area contributed by atoms with E-state index in [9.17, 15) is 4.79 Å². The maximum Gasteiger partial charge on any atom is 0.337 e. The first-order chi connectivity index (χ1) is 9.10. The molecular formula is C13H15N3O3. The lowest BCUT2D eigenvalue weighted by Gasteiger charge is -2.09. The van der Waals surface area contributed by atoms with Gasteiger partial charge in [-0.1, -0.05) is 0 Å². The van der Waals surface area contributed by atoms with Crippen molar-refractivity contribution in [1.29, 1.82) is 0 Å². The number of benzene rings is 1. The lowest BCUT2D eigenvalue weighted by molar-refractivity contribution is 0.0600. The van der Waals surface area contributed by atoms with Crippen molar-refractivity contribution < 1.29 is 14.3 Å². The number of ether oxygens (including phenoxy) is 2. The van der Waals surface area contributed by atoms with Crippen molar-refractivity contribution in [2.45, 2.75) is 6.61 Å². The highest BCUT2D eigenvalue weighted by atomic mass is 16.5. The zero-order valence-corrected chi connectivity index (χ0v) is 10.8. The molecule has 6 nitrogen and oxygen atoms in total. The number of anilines is 1. The maximum absolute atomic E-state index is 11.4. The Labute approximate surface area is 110 Å². The van der Waals surface area contributed by atoms with Gasteiger partial charge in [-0.15, -0.1) is 0 Å². The first kappa shape index (κ1) is 12.9. The summed E-state index contributed by atoms with van der Waals surface area (Å²) in [5.74, 6) is 0.0104. The molecule has 0 aliphatic rings. The van der Waals surface area contributed by atoms with Crippen LogP contribution < -0.4 is 10.5 Å². The summed E-state index contributed by atoms with van der Waals surface area (Å²) in [5.41, 5.74) is 7.44. The highest BCUT2D eigenvalue weighted by Crippen LogP contribution is 2.24. The fraction of sp³-hybridized carbons (Fsp3) is 0.231. The van der Waals surface area contributed by atoms with E-state index < -0.39 is 5.97 Å². The fourth-order valence-electron chi connectivity index (χ4n) is 1.60. The van der Waals surface area contributed by atoms with Crippen LogP contribution in [0, 0.1) is 0 Å². The summed E-state index contributed by atoms with van der Waals surface area (Å²) in [4.78, 5) is 11.4. The van der Waals surface area contributed by atoms with E-state index in [4.69, 9.17) is 10.5 Å². The third-order valence-electron chi connectivity index (χ3n) is 2.58. The average molecular weight is 261 g/mol. The molecule has 1 heterocycles. The zero-order valence-electron chi connectivity index (χ0n) is 10.8. The number of esters is 1. The number of rotatable bonds is 4. The van der Waals surface area contributed by atoms with Crippen LogP contribution in [0.25, 0.3) is 0 Å². The molecule has 0 aliphatic heterocycles. The molecule has 0 bridgehead atoms. The van der Waals surface area contributed by atoms with Crippen LogP contribution in [0.2, 0.25) is 0 Å². The van der Waals surface area contributed by atoms with Crippen molar-refractivity contribution in [3.8, 4) is 5.75 Å². The Morgan fingerprint density at radius 1 is 1.42 bits per heavy atom. The summed E-state index contributed by atoms with van der Waals surface area (Å²) < 4.78 is 11.9. The number of carbonyl (C=O) groups excluding carboxylic acids is 1. The first-order valence-corrected chi connectivity index (χ1v) is 5.69. The molecule has 2 N–H and O–H groups in total. The first-order valence-electron chi connectivity index (χ1n) is 5.69. The van der Waals surface area contributed by atoms with E-state index in [-0.39, 0.29) is 6.61 Å². The van der Waals surface area contributed by atoms with E-state index in [0.717, 1.165) is 5.69 Å². The smallest absolute Gasteiger partial charge is 0.337 e. The van der Waals surface area contributed by atoms with Gasteiger partial charge in [0.2, 0.25) is 0 Å². The van der Waals surface area contributed by atoms with Crippen molar-refractivity contribution in [2.75, 3.05) is 12.8 Å². The van der Waals surface area contributed by atoms with Crippen molar-refractivity contribution in [3.63, 3.8) is 0 Å². The lowest BCUT2D eigenvalue weighted by atomic mass is 10.2. The monoisotopic (exact) mass is 261 g/mol. The van der Waals surface area contributed by atoms with Gasteiger partial charge in [-0.2, -0.15) is 5.10 Å². The van der Waals surface area contributed by atoms with Crippen LogP contribution in [0.5, 0.6) is 5.75 Å². The minimum Gasteiger partial charge on any atom is -0.485 e. The Hall–Kier alpha value is -2.50. The van der Waals surface area contributed by atoms with Crippen molar-refractivity contribution in [2.24, 2.45) is 7.05 Å². The molecule has 0 spiro atoms. The number of aromatic nitrogens is 2. The molecule has 0 radical (unpaired) electrons. The van der Waals surface area contributed by atoms with Gasteiger partial charge in [0, 0.05) is 13.2 Å². The van der Waals surface area contributed by atoms with Crippen molar-refractivity contribution in [3.05, 3.63) is 41.7 Å². The molecule has 1 aromatic heterocycles. The number of hydrogen-bond donors (Lipinski definition) is 1. The second kappa shape index (κ2) is 5.43. The molecule has 0 fully saturated rings. The van der Waals surface area contributed by atoms with E-state index in [1.807, 2.05) is 19.3 Å². The number of hydrogen-bond acceptors (Lipinski definition) is 5. The van der Waals surface area contributed by atoms with Crippen molar-refractivity contribution in [1.82, 2.24) is 9.78 Å². The lowest BCUT2D eigenvalue weighted by Crippen LogP contribution is -2.04. The molecule has 0 saturated carbocycles. The van der Waals surface area contributed by atoms with Crippen LogP contribution in [0.1, 0.15) is 16.1 Å². The van der Waals surface area contributed by atoms with E-state index in [2.05, 4.69) is 9.84 Å². The van der Waals surface area contributed by atoms with Crippen molar-refractivity contribution >= 4 is 11.7 Å². The Balaban J connectivity index is 2.12. The second-order valence-electron chi connectivity index (χ2n) is 4.01. The highest BCUT2D eigenvalue weighted by Gasteiger charge is 2.09. The topological polar surface area (TPSA) is 79.4 Å². The average Bonchev–Trinajstić information content (AvgIpc) is 2.82. The molecule has 0 saturated heterocycles. The fourth-order valence-corrected chi connectivity index (χ4v) is 1.60. The summed E-state index contributed by atoms with van der Waals surface area (Å²) in [6.45, 7) is 0.287. The van der Waals surface area contributed by atoms with Gasteiger partial charge in [-0.05, 0) is 24.3 Å². The molecule has 0 amide bonds. The number of aryl methyl sites for hydroxylation is 1. The standard InChI is InChI=1S/C13H15N3O3/c1-16-6-5-10(15-16)8-19-12-7-9(13(17)18-2)3-4-11(12)14/h3-7H,8,14H2,1-2H3. The van der Waals surface area contributed by atoms with Crippen LogP contribution in [0.4, 0.5) is 5.69 Å². The van der Waals surface area contributed by atoms with E-state index in [0.29, 0.717) is 17.0 Å². The molecule has 1 aromatic carbocycles. The maximum atomic E-state index is 11.4. The molecular weight excluding hydrogens is 246 g/mol. The van der Waals surface area contributed by atoms with Gasteiger partial charge in [0.1, 0.15) is 12.4 Å². The molecule has 19 heavy (non-hydrogen) atoms. The van der Waals surface area contributed by atoms with Crippen LogP contribution in [-0.2, 0) is 18.4 Å². The molecule has 2 rings (SSSR count). The predicted molar refractivity (Wildman–Crippen MR) is 69.7 cm³/mol. The Bertz CT molecular complexity index is 593. The molecule has 0 aliphatic carbocycles. The number of nitrogens with two attached hydrogens (primary N) is 1. The highest BCUT2D eigenvalue weighted by molar-refractivity contribution is 5.90. The zero-order chi connectivity index (χ0) is 13.8. The van der Waals surface area contributed by atoms with E-state index in [1.54, 1.807) is 22.9 Å². The molecule has 100 valence electrons. The van der Waals surface area contributed by atoms with Gasteiger partial charge in [-0.25, -0.2) is 4.79 Å². The Morgan fingerprint density at radius 3 is 2.84 bits per heavy atom. The normalized spacial score (nSPS) is 10.2. The van der Waals surface area contributed by atoms with Gasteiger partial charge < -0.3 is 15.2 Å². The minimum atomic E-state index is -0.428. The summed E-state index contributed by atoms with van der Waals surface area (Å²) >= 11 is 0. The number of nitrogen functional groups attached to an aromatic ring is 1. The van der Waals surface area contributed by atoms with Crippen LogP contribution in [0.3, 0.4) is 0 Å². The number of methoxy groups -OCH3 is 1. The van der Waals surface area contributed by atoms with Crippen LogP contribution in [0.15, 0.2) is 30.5 Å². The van der Waals surface area contributed by atoms with Crippen LogP contribution >= 0.6 is 0 Å². The predicted octanol–water partition coefficient (Wildman–Crippen LogP) is 1.37. The molecule has 2 aromatic rings. The Kier molecular flexibility index (Phi) is 3.70. The Morgan fingerprint density at radius 2 is 2.21 bits per heavy atom.